The van der Waals surface area contributed by atoms with Gasteiger partial charge in [0.05, 0.1) is 10.6 Å². The molecular weight excluding hydrogens is 491 g/mol. The molecule has 0 heterocycles. The first kappa shape index (κ1) is 26.1. The Balaban J connectivity index is 1.81. The molecule has 3 aromatic rings. The fourth-order valence-electron chi connectivity index (χ4n) is 3.95. The van der Waals surface area contributed by atoms with Gasteiger partial charge in [0.1, 0.15) is 6.54 Å². The predicted molar refractivity (Wildman–Crippen MR) is 139 cm³/mol. The summed E-state index contributed by atoms with van der Waals surface area (Å²) in [5, 5.41) is 3.74. The Morgan fingerprint density at radius 2 is 1.59 bits per heavy atom. The van der Waals surface area contributed by atoms with Crippen molar-refractivity contribution in [1.82, 2.24) is 5.32 Å². The summed E-state index contributed by atoms with van der Waals surface area (Å²) in [6, 6.07) is 22.1. The Morgan fingerprint density at radius 3 is 2.21 bits per heavy atom. The van der Waals surface area contributed by atoms with Gasteiger partial charge in [0.2, 0.25) is 5.91 Å². The van der Waals surface area contributed by atoms with Crippen LogP contribution < -0.4 is 9.62 Å². The smallest absolute Gasteiger partial charge is 0.264 e. The third kappa shape index (κ3) is 6.53. The van der Waals surface area contributed by atoms with Crippen LogP contribution in [0.2, 0.25) is 10.0 Å². The zero-order valence-corrected chi connectivity index (χ0v) is 21.7. The van der Waals surface area contributed by atoms with Crippen LogP contribution in [0.4, 0.5) is 5.69 Å². The number of sulfonamides is 1. The van der Waals surface area contributed by atoms with Gasteiger partial charge in [0, 0.05) is 16.1 Å². The molecule has 180 valence electrons. The first-order chi connectivity index (χ1) is 16.0. The van der Waals surface area contributed by atoms with E-state index >= 15 is 0 Å². The van der Waals surface area contributed by atoms with E-state index in [9.17, 15) is 13.2 Å². The normalized spacial score (nSPS) is 12.7. The number of carbonyl (C=O) groups is 1. The van der Waals surface area contributed by atoms with E-state index in [1.807, 2.05) is 25.1 Å². The van der Waals surface area contributed by atoms with Crippen molar-refractivity contribution in [2.24, 2.45) is 0 Å². The number of benzene rings is 3. The minimum absolute atomic E-state index is 0.0305. The quantitative estimate of drug-likeness (QED) is 0.374. The maximum absolute atomic E-state index is 13.5. The fraction of sp³-hybridized carbons (Fsp3) is 0.269. The van der Waals surface area contributed by atoms with Gasteiger partial charge in [-0.3, -0.25) is 9.10 Å². The highest BCUT2D eigenvalue weighted by molar-refractivity contribution is 7.92. The molecule has 0 fully saturated rings. The second kappa shape index (κ2) is 10.8. The molecule has 1 atom stereocenters. The van der Waals surface area contributed by atoms with E-state index in [4.69, 9.17) is 23.2 Å². The molecule has 5 nitrogen and oxygen atoms in total. The third-order valence-electron chi connectivity index (χ3n) is 5.56. The van der Waals surface area contributed by atoms with Crippen molar-refractivity contribution < 1.29 is 13.2 Å². The molecular formula is C26H28Cl2N2O3S. The summed E-state index contributed by atoms with van der Waals surface area (Å²) in [4.78, 5) is 13.0. The standard InChI is InChI=1S/C26H28Cl2N2O3S/c1-19(17-26(2,3)20-8-5-4-6-9-20)29-25(31)18-30(23-11-7-10-22(28)16-23)34(32,33)24-14-12-21(27)13-15-24/h4-16,19H,17-18H2,1-3H3,(H,29,31). The zero-order valence-electron chi connectivity index (χ0n) is 19.3. The minimum Gasteiger partial charge on any atom is -0.352 e. The highest BCUT2D eigenvalue weighted by Gasteiger charge is 2.29. The summed E-state index contributed by atoms with van der Waals surface area (Å²) in [5.74, 6) is -0.408. The monoisotopic (exact) mass is 518 g/mol. The second-order valence-electron chi connectivity index (χ2n) is 8.87. The molecule has 0 aliphatic heterocycles. The van der Waals surface area contributed by atoms with Crippen LogP contribution >= 0.6 is 23.2 Å². The van der Waals surface area contributed by atoms with Crippen molar-refractivity contribution >= 4 is 44.8 Å². The molecule has 0 saturated carbocycles. The maximum Gasteiger partial charge on any atom is 0.264 e. The van der Waals surface area contributed by atoms with E-state index in [1.54, 1.807) is 18.2 Å². The molecule has 3 rings (SSSR count). The van der Waals surface area contributed by atoms with Gasteiger partial charge < -0.3 is 5.32 Å². The summed E-state index contributed by atoms with van der Waals surface area (Å²) < 4.78 is 28.0. The Bertz CT molecular complexity index is 1230. The van der Waals surface area contributed by atoms with Crippen molar-refractivity contribution in [2.45, 2.75) is 43.5 Å². The molecule has 1 unspecified atom stereocenters. The predicted octanol–water partition coefficient (Wildman–Crippen LogP) is 6.06. The fourth-order valence-corrected chi connectivity index (χ4v) is 5.68. The van der Waals surface area contributed by atoms with Crippen molar-refractivity contribution in [3.8, 4) is 0 Å². The molecule has 0 saturated heterocycles. The average molecular weight is 519 g/mol. The largest absolute Gasteiger partial charge is 0.352 e. The minimum atomic E-state index is -4.04. The van der Waals surface area contributed by atoms with Crippen LogP contribution in [-0.2, 0) is 20.2 Å². The number of hydrogen-bond acceptors (Lipinski definition) is 3. The van der Waals surface area contributed by atoms with Crippen molar-refractivity contribution in [3.05, 3.63) is 94.5 Å². The second-order valence-corrected chi connectivity index (χ2v) is 11.6. The van der Waals surface area contributed by atoms with Crippen molar-refractivity contribution in [2.75, 3.05) is 10.8 Å². The van der Waals surface area contributed by atoms with E-state index in [0.717, 1.165) is 4.31 Å². The van der Waals surface area contributed by atoms with Crippen LogP contribution in [-0.4, -0.2) is 26.9 Å². The Labute approximate surface area is 211 Å². The summed E-state index contributed by atoms with van der Waals surface area (Å²) in [6.07, 6.45) is 0.684. The summed E-state index contributed by atoms with van der Waals surface area (Å²) in [6.45, 7) is 5.77. The van der Waals surface area contributed by atoms with Gasteiger partial charge in [0.25, 0.3) is 10.0 Å². The number of rotatable bonds is 9. The molecule has 0 radical (unpaired) electrons. The molecule has 0 aromatic heterocycles. The summed E-state index contributed by atoms with van der Waals surface area (Å²) in [5.41, 5.74) is 1.30. The lowest BCUT2D eigenvalue weighted by atomic mass is 9.79. The number of anilines is 1. The van der Waals surface area contributed by atoms with Gasteiger partial charge in [0.15, 0.2) is 0 Å². The first-order valence-electron chi connectivity index (χ1n) is 10.9. The number of nitrogens with one attached hydrogen (secondary N) is 1. The van der Waals surface area contributed by atoms with Crippen LogP contribution in [0.3, 0.4) is 0 Å². The van der Waals surface area contributed by atoms with Gasteiger partial charge in [-0.25, -0.2) is 8.42 Å². The SMILES string of the molecule is CC(CC(C)(C)c1ccccc1)NC(=O)CN(c1cccc(Cl)c1)S(=O)(=O)c1ccc(Cl)cc1. The lowest BCUT2D eigenvalue weighted by Gasteiger charge is -2.30. The van der Waals surface area contributed by atoms with E-state index < -0.39 is 15.9 Å². The van der Waals surface area contributed by atoms with E-state index in [-0.39, 0.29) is 22.9 Å². The Kier molecular flexibility index (Phi) is 8.29. The first-order valence-corrected chi connectivity index (χ1v) is 13.1. The molecule has 8 heteroatoms. The summed E-state index contributed by atoms with van der Waals surface area (Å²) >= 11 is 12.0. The topological polar surface area (TPSA) is 66.5 Å². The van der Waals surface area contributed by atoms with Gasteiger partial charge in [-0.15, -0.1) is 0 Å². The average Bonchev–Trinajstić information content (AvgIpc) is 2.78. The highest BCUT2D eigenvalue weighted by Crippen LogP contribution is 2.29. The zero-order chi connectivity index (χ0) is 24.9. The van der Waals surface area contributed by atoms with Crippen molar-refractivity contribution in [3.63, 3.8) is 0 Å². The molecule has 0 aliphatic carbocycles. The van der Waals surface area contributed by atoms with Crippen molar-refractivity contribution in [1.29, 1.82) is 0 Å². The maximum atomic E-state index is 13.5. The molecule has 1 amide bonds. The van der Waals surface area contributed by atoms with Crippen LogP contribution in [0.5, 0.6) is 0 Å². The van der Waals surface area contributed by atoms with Crippen LogP contribution in [0, 0.1) is 0 Å². The van der Waals surface area contributed by atoms with Gasteiger partial charge in [-0.2, -0.15) is 0 Å². The molecule has 34 heavy (non-hydrogen) atoms. The van der Waals surface area contributed by atoms with Crippen LogP contribution in [0.1, 0.15) is 32.8 Å². The lowest BCUT2D eigenvalue weighted by molar-refractivity contribution is -0.120. The van der Waals surface area contributed by atoms with E-state index in [2.05, 4.69) is 31.3 Å². The van der Waals surface area contributed by atoms with Crippen LogP contribution in [0.15, 0.2) is 83.8 Å². The number of nitrogens with zero attached hydrogens (tertiary/aromatic N) is 1. The molecule has 0 aliphatic rings. The summed E-state index contributed by atoms with van der Waals surface area (Å²) in [7, 11) is -4.04. The molecule has 1 N–H and O–H groups in total. The molecule has 3 aromatic carbocycles. The third-order valence-corrected chi connectivity index (χ3v) is 7.84. The Morgan fingerprint density at radius 1 is 0.941 bits per heavy atom. The molecule has 0 bridgehead atoms. The highest BCUT2D eigenvalue weighted by atomic mass is 35.5. The van der Waals surface area contributed by atoms with Gasteiger partial charge in [-0.1, -0.05) is 73.4 Å². The van der Waals surface area contributed by atoms with Crippen LogP contribution in [0.25, 0.3) is 0 Å². The van der Waals surface area contributed by atoms with E-state index in [1.165, 1.54) is 35.9 Å². The molecule has 0 spiro atoms. The lowest BCUT2D eigenvalue weighted by Crippen LogP contribution is -2.45. The van der Waals surface area contributed by atoms with Gasteiger partial charge in [-0.05, 0) is 66.8 Å². The number of halogens is 2. The number of amides is 1. The Hall–Kier alpha value is -2.54. The number of carbonyl (C=O) groups excluding carboxylic acids is 1. The number of hydrogen-bond donors (Lipinski definition) is 1. The van der Waals surface area contributed by atoms with Gasteiger partial charge >= 0.3 is 0 Å². The van der Waals surface area contributed by atoms with E-state index in [0.29, 0.717) is 22.2 Å².